The molecule has 0 radical (unpaired) electrons. The van der Waals surface area contributed by atoms with Crippen molar-refractivity contribution in [1.82, 2.24) is 5.32 Å². The van der Waals surface area contributed by atoms with E-state index in [1.165, 1.54) is 11.8 Å². The number of nitrogens with one attached hydrogen (secondary N) is 1. The zero-order valence-electron chi connectivity index (χ0n) is 19.5. The molecule has 180 valence electrons. The third-order valence-corrected chi connectivity index (χ3v) is 7.03. The molecule has 1 aliphatic rings. The Kier molecular flexibility index (Phi) is 8.27. The smallest absolute Gasteiger partial charge is 0.337 e. The van der Waals surface area contributed by atoms with Gasteiger partial charge in [0.15, 0.2) is 5.78 Å². The first-order chi connectivity index (χ1) is 17.5. The van der Waals surface area contributed by atoms with E-state index in [-0.39, 0.29) is 18.1 Å². The van der Waals surface area contributed by atoms with E-state index in [9.17, 15) is 14.9 Å². The summed E-state index contributed by atoms with van der Waals surface area (Å²) in [5.74, 6) is -1.26. The van der Waals surface area contributed by atoms with E-state index in [0.717, 1.165) is 5.56 Å². The van der Waals surface area contributed by atoms with Gasteiger partial charge >= 0.3 is 5.97 Å². The fraction of sp³-hybridized carbons (Fsp3) is 0.138. The number of Topliss-reactive ketones (excluding diaryl/α,β-unsaturated/α-hetero) is 1. The second-order valence-electron chi connectivity index (χ2n) is 7.89. The maximum absolute atomic E-state index is 13.3. The molecule has 1 aliphatic heterocycles. The average molecular weight is 515 g/mol. The Hall–Kier alpha value is -3.79. The van der Waals surface area contributed by atoms with Crippen molar-refractivity contribution in [3.8, 4) is 6.07 Å². The molecule has 1 N–H and O–H groups in total. The Labute approximate surface area is 219 Å². The number of dihydropyridines is 1. The van der Waals surface area contributed by atoms with Crippen molar-refractivity contribution >= 4 is 40.8 Å². The largest absolute Gasteiger partial charge is 0.463 e. The number of rotatable bonds is 8. The third-order valence-electron chi connectivity index (χ3n) is 5.67. The zero-order valence-corrected chi connectivity index (χ0v) is 21.1. The van der Waals surface area contributed by atoms with Crippen molar-refractivity contribution in [1.29, 1.82) is 5.26 Å². The second-order valence-corrected chi connectivity index (χ2v) is 9.28. The maximum Gasteiger partial charge on any atom is 0.337 e. The summed E-state index contributed by atoms with van der Waals surface area (Å²) in [5.41, 5.74) is 3.08. The van der Waals surface area contributed by atoms with Crippen LogP contribution in [0.5, 0.6) is 0 Å². The summed E-state index contributed by atoms with van der Waals surface area (Å²) in [4.78, 5) is 26.2. The summed E-state index contributed by atoms with van der Waals surface area (Å²) in [5, 5.41) is 14.5. The van der Waals surface area contributed by atoms with E-state index in [0.29, 0.717) is 38.0 Å². The minimum atomic E-state index is -0.770. The number of thioether (sulfide) groups is 1. The van der Waals surface area contributed by atoms with Gasteiger partial charge in [-0.15, -0.1) is 0 Å². The first kappa shape index (κ1) is 25.3. The van der Waals surface area contributed by atoms with Gasteiger partial charge in [-0.1, -0.05) is 102 Å². The molecule has 0 spiro atoms. The van der Waals surface area contributed by atoms with Crippen LogP contribution in [0.25, 0.3) is 5.70 Å². The number of carbonyl (C=O) groups is 2. The van der Waals surface area contributed by atoms with Crippen LogP contribution in [0.3, 0.4) is 0 Å². The van der Waals surface area contributed by atoms with Crippen molar-refractivity contribution in [3.05, 3.63) is 123 Å². The van der Waals surface area contributed by atoms with Crippen LogP contribution in [-0.4, -0.2) is 24.1 Å². The molecule has 0 bridgehead atoms. The molecule has 0 saturated carbocycles. The van der Waals surface area contributed by atoms with Crippen LogP contribution < -0.4 is 5.32 Å². The van der Waals surface area contributed by atoms with Gasteiger partial charge in [0.1, 0.15) is 0 Å². The lowest BCUT2D eigenvalue weighted by molar-refractivity contribution is -0.138. The molecule has 5 nitrogen and oxygen atoms in total. The maximum atomic E-state index is 13.3. The van der Waals surface area contributed by atoms with Gasteiger partial charge in [-0.3, -0.25) is 4.79 Å². The van der Waals surface area contributed by atoms with E-state index in [1.54, 1.807) is 37.3 Å². The van der Waals surface area contributed by atoms with Gasteiger partial charge in [-0.05, 0) is 24.1 Å². The first-order valence-electron chi connectivity index (χ1n) is 11.4. The summed E-state index contributed by atoms with van der Waals surface area (Å²) in [6, 6.07) is 27.8. The van der Waals surface area contributed by atoms with Crippen molar-refractivity contribution in [2.75, 3.05) is 12.4 Å². The SMILES string of the molecule is CCOC(=O)C1=C(c2ccccc2)NC(SCC(=O)c2ccccc2)=C(C#N)[C@H]1c1ccccc1Cl. The van der Waals surface area contributed by atoms with E-state index >= 15 is 0 Å². The molecule has 0 amide bonds. The number of allylic oxidation sites excluding steroid dienone is 1. The van der Waals surface area contributed by atoms with Crippen molar-refractivity contribution in [2.24, 2.45) is 0 Å². The molecule has 0 aliphatic carbocycles. The second kappa shape index (κ2) is 11.8. The summed E-state index contributed by atoms with van der Waals surface area (Å²) in [7, 11) is 0. The Morgan fingerprint density at radius 3 is 2.28 bits per heavy atom. The highest BCUT2D eigenvalue weighted by Gasteiger charge is 2.38. The normalized spacial score (nSPS) is 15.2. The lowest BCUT2D eigenvalue weighted by Crippen LogP contribution is -2.29. The number of halogens is 1. The Morgan fingerprint density at radius 2 is 1.64 bits per heavy atom. The fourth-order valence-corrected chi connectivity index (χ4v) is 5.20. The first-order valence-corrected chi connectivity index (χ1v) is 12.7. The minimum absolute atomic E-state index is 0.0667. The molecule has 3 aromatic rings. The van der Waals surface area contributed by atoms with Crippen LogP contribution >= 0.6 is 23.4 Å². The number of ketones is 1. The van der Waals surface area contributed by atoms with E-state index in [1.807, 2.05) is 54.6 Å². The number of hydrogen-bond donors (Lipinski definition) is 1. The summed E-state index contributed by atoms with van der Waals surface area (Å²) < 4.78 is 5.44. The molecule has 0 aromatic heterocycles. The molecule has 0 fully saturated rings. The highest BCUT2D eigenvalue weighted by atomic mass is 35.5. The number of esters is 1. The number of benzene rings is 3. The van der Waals surface area contributed by atoms with Gasteiger partial charge < -0.3 is 10.1 Å². The molecule has 1 atom stereocenters. The predicted molar refractivity (Wildman–Crippen MR) is 143 cm³/mol. The van der Waals surface area contributed by atoms with Gasteiger partial charge in [0.05, 0.1) is 46.2 Å². The van der Waals surface area contributed by atoms with E-state index in [2.05, 4.69) is 11.4 Å². The molecule has 1 heterocycles. The highest BCUT2D eigenvalue weighted by molar-refractivity contribution is 8.03. The van der Waals surface area contributed by atoms with Crippen molar-refractivity contribution in [2.45, 2.75) is 12.8 Å². The standard InChI is InChI=1S/C29H23ClN2O3S/c1-2-35-29(34)26-25(21-15-9-10-16-23(21)30)22(17-31)28(32-27(26)20-13-7-4-8-14-20)36-18-24(33)19-11-5-3-6-12-19/h3-16,25,32H,2,18H2,1H3/t25-/m1/s1. The van der Waals surface area contributed by atoms with Gasteiger partial charge in [-0.2, -0.15) is 5.26 Å². The zero-order chi connectivity index (χ0) is 25.5. The Balaban J connectivity index is 1.85. The minimum Gasteiger partial charge on any atom is -0.463 e. The molecular weight excluding hydrogens is 492 g/mol. The molecule has 0 saturated heterocycles. The molecule has 4 rings (SSSR count). The molecule has 0 unspecified atom stereocenters. The number of hydrogen-bond acceptors (Lipinski definition) is 6. The molecule has 3 aromatic carbocycles. The van der Waals surface area contributed by atoms with Crippen LogP contribution in [0.4, 0.5) is 0 Å². The van der Waals surface area contributed by atoms with Crippen LogP contribution in [0.1, 0.15) is 34.3 Å². The Bertz CT molecular complexity index is 1380. The number of ether oxygens (including phenoxy) is 1. The Morgan fingerprint density at radius 1 is 1.00 bits per heavy atom. The molecule has 36 heavy (non-hydrogen) atoms. The number of nitrogens with zero attached hydrogens (tertiary/aromatic N) is 1. The van der Waals surface area contributed by atoms with Gasteiger partial charge in [0.25, 0.3) is 0 Å². The van der Waals surface area contributed by atoms with Crippen LogP contribution in [0.2, 0.25) is 5.02 Å². The average Bonchev–Trinajstić information content (AvgIpc) is 2.92. The molecular formula is C29H23ClN2O3S. The monoisotopic (exact) mass is 514 g/mol. The van der Waals surface area contributed by atoms with Crippen molar-refractivity contribution < 1.29 is 14.3 Å². The predicted octanol–water partition coefficient (Wildman–Crippen LogP) is 6.35. The molecule has 7 heteroatoms. The van der Waals surface area contributed by atoms with Crippen LogP contribution in [-0.2, 0) is 9.53 Å². The lowest BCUT2D eigenvalue weighted by atomic mass is 9.81. The fourth-order valence-electron chi connectivity index (χ4n) is 4.02. The summed E-state index contributed by atoms with van der Waals surface area (Å²) >= 11 is 7.82. The number of carbonyl (C=O) groups excluding carboxylic acids is 2. The summed E-state index contributed by atoms with van der Waals surface area (Å²) in [6.45, 7) is 1.91. The van der Waals surface area contributed by atoms with E-state index < -0.39 is 11.9 Å². The highest BCUT2D eigenvalue weighted by Crippen LogP contribution is 2.45. The quantitative estimate of drug-likeness (QED) is 0.278. The van der Waals surface area contributed by atoms with Gasteiger partial charge in [0.2, 0.25) is 0 Å². The number of nitriles is 1. The lowest BCUT2D eigenvalue weighted by Gasteiger charge is -2.31. The van der Waals surface area contributed by atoms with Gasteiger partial charge in [0, 0.05) is 10.6 Å². The third kappa shape index (κ3) is 5.38. The van der Waals surface area contributed by atoms with Gasteiger partial charge in [-0.25, -0.2) is 4.79 Å². The summed E-state index contributed by atoms with van der Waals surface area (Å²) in [6.07, 6.45) is 0. The topological polar surface area (TPSA) is 79.2 Å². The van der Waals surface area contributed by atoms with Crippen LogP contribution in [0.15, 0.2) is 101 Å². The van der Waals surface area contributed by atoms with Crippen molar-refractivity contribution in [3.63, 3.8) is 0 Å². The van der Waals surface area contributed by atoms with Crippen LogP contribution in [0, 0.1) is 11.3 Å². The van der Waals surface area contributed by atoms with E-state index in [4.69, 9.17) is 16.3 Å².